The summed E-state index contributed by atoms with van der Waals surface area (Å²) >= 11 is 0. The molecule has 3 atom stereocenters. The van der Waals surface area contributed by atoms with E-state index >= 15 is 0 Å². The highest BCUT2D eigenvalue weighted by atomic mass is 16.5. The summed E-state index contributed by atoms with van der Waals surface area (Å²) in [4.78, 5) is 31.7. The van der Waals surface area contributed by atoms with Crippen molar-refractivity contribution in [3.05, 3.63) is 53.2 Å². The molecule has 166 valence electrons. The van der Waals surface area contributed by atoms with Gasteiger partial charge in [-0.1, -0.05) is 19.9 Å². The molecule has 0 spiro atoms. The summed E-state index contributed by atoms with van der Waals surface area (Å²) in [5.41, 5.74) is 3.26. The first-order chi connectivity index (χ1) is 14.9. The first-order valence-electron chi connectivity index (χ1n) is 10.8. The summed E-state index contributed by atoms with van der Waals surface area (Å²) in [5.74, 6) is 0.746. The molecule has 0 bridgehead atoms. The number of ether oxygens (including phenoxy) is 1. The van der Waals surface area contributed by atoms with E-state index in [-0.39, 0.29) is 29.8 Å². The van der Waals surface area contributed by atoms with E-state index in [0.717, 1.165) is 29.2 Å². The van der Waals surface area contributed by atoms with Crippen molar-refractivity contribution >= 4 is 23.3 Å². The summed E-state index contributed by atoms with van der Waals surface area (Å²) in [7, 11) is 1.60. The number of methoxy groups -OCH3 is 1. The molecular formula is C24H32N4O3. The van der Waals surface area contributed by atoms with Crippen LogP contribution in [0.15, 0.2) is 36.4 Å². The van der Waals surface area contributed by atoms with Gasteiger partial charge in [0.25, 0.3) is 5.91 Å². The number of nitrogens with zero attached hydrogens (tertiary/aromatic N) is 2. The molecule has 2 amide bonds. The molecule has 2 N–H and O–H groups in total. The van der Waals surface area contributed by atoms with Crippen LogP contribution in [-0.2, 0) is 9.53 Å². The van der Waals surface area contributed by atoms with Crippen LogP contribution in [-0.4, -0.2) is 43.1 Å². The zero-order chi connectivity index (χ0) is 22.5. The number of benzene rings is 1. The lowest BCUT2D eigenvalue weighted by atomic mass is 9.80. The van der Waals surface area contributed by atoms with E-state index in [1.165, 1.54) is 0 Å². The second kappa shape index (κ2) is 9.92. The van der Waals surface area contributed by atoms with Crippen LogP contribution in [0.2, 0.25) is 0 Å². The van der Waals surface area contributed by atoms with Crippen molar-refractivity contribution in [1.29, 1.82) is 0 Å². The molecule has 7 nitrogen and oxygen atoms in total. The van der Waals surface area contributed by atoms with Gasteiger partial charge >= 0.3 is 0 Å². The third-order valence-corrected chi connectivity index (χ3v) is 5.89. The van der Waals surface area contributed by atoms with Crippen molar-refractivity contribution in [2.45, 2.75) is 46.2 Å². The highest BCUT2D eigenvalue weighted by Crippen LogP contribution is 2.43. The van der Waals surface area contributed by atoms with E-state index in [4.69, 9.17) is 4.74 Å². The number of pyridine rings is 1. The third-order valence-electron chi connectivity index (χ3n) is 5.89. The van der Waals surface area contributed by atoms with Crippen LogP contribution >= 0.6 is 0 Å². The Morgan fingerprint density at radius 3 is 2.65 bits per heavy atom. The molecule has 0 aliphatic carbocycles. The zero-order valence-corrected chi connectivity index (χ0v) is 18.9. The van der Waals surface area contributed by atoms with Gasteiger partial charge in [0.2, 0.25) is 5.91 Å². The number of amides is 2. The van der Waals surface area contributed by atoms with E-state index in [1.54, 1.807) is 20.1 Å². The lowest BCUT2D eigenvalue weighted by molar-refractivity contribution is -0.117. The molecule has 1 aliphatic heterocycles. The van der Waals surface area contributed by atoms with Gasteiger partial charge in [0.05, 0.1) is 12.6 Å². The maximum atomic E-state index is 12.7. The fourth-order valence-corrected chi connectivity index (χ4v) is 4.40. The van der Waals surface area contributed by atoms with Gasteiger partial charge in [0.15, 0.2) is 0 Å². The standard InChI is InChI=1S/C24H32N4O3/c1-6-20-16(3)23(27-22-9-7-8-15(2)26-22)19-14-18(24(30)25-12-13-31-5)10-11-21(19)28(20)17(4)29/h7-11,14,16,20,23H,6,12-13H2,1-5H3,(H,25,30)(H,26,27)/t16-,20-,23?/m0/s1. The van der Waals surface area contributed by atoms with Crippen molar-refractivity contribution in [3.63, 3.8) is 0 Å². The van der Waals surface area contributed by atoms with Crippen LogP contribution in [0.1, 0.15) is 54.8 Å². The molecule has 2 heterocycles. The molecule has 31 heavy (non-hydrogen) atoms. The van der Waals surface area contributed by atoms with Gasteiger partial charge in [-0.2, -0.15) is 0 Å². The summed E-state index contributed by atoms with van der Waals surface area (Å²) in [6.07, 6.45) is 0.832. The Labute approximate surface area is 184 Å². The molecule has 1 aromatic carbocycles. The normalized spacial score (nSPS) is 20.2. The summed E-state index contributed by atoms with van der Waals surface area (Å²) in [5, 5.41) is 6.44. The monoisotopic (exact) mass is 424 g/mol. The topological polar surface area (TPSA) is 83.6 Å². The van der Waals surface area contributed by atoms with Gasteiger partial charge in [0.1, 0.15) is 5.82 Å². The van der Waals surface area contributed by atoms with Crippen LogP contribution in [0.5, 0.6) is 0 Å². The summed E-state index contributed by atoms with van der Waals surface area (Å²) in [6.45, 7) is 8.69. The Kier molecular flexibility index (Phi) is 7.28. The molecule has 1 unspecified atom stereocenters. The number of hydrogen-bond acceptors (Lipinski definition) is 5. The Balaban J connectivity index is 2.04. The number of anilines is 2. The van der Waals surface area contributed by atoms with Crippen molar-refractivity contribution in [3.8, 4) is 0 Å². The van der Waals surface area contributed by atoms with Crippen molar-refractivity contribution < 1.29 is 14.3 Å². The van der Waals surface area contributed by atoms with Crippen molar-refractivity contribution in [1.82, 2.24) is 10.3 Å². The smallest absolute Gasteiger partial charge is 0.251 e. The maximum absolute atomic E-state index is 12.7. The van der Waals surface area contributed by atoms with Gasteiger partial charge in [-0.3, -0.25) is 9.59 Å². The SMILES string of the molecule is CC[C@H]1[C@H](C)C(Nc2cccc(C)n2)c2cc(C(=O)NCCOC)ccc2N1C(C)=O. The molecule has 1 aromatic heterocycles. The molecule has 7 heteroatoms. The molecule has 0 saturated heterocycles. The predicted molar refractivity (Wildman–Crippen MR) is 122 cm³/mol. The first-order valence-corrected chi connectivity index (χ1v) is 10.8. The summed E-state index contributed by atoms with van der Waals surface area (Å²) in [6, 6.07) is 11.4. The maximum Gasteiger partial charge on any atom is 0.251 e. The van der Waals surface area contributed by atoms with E-state index < -0.39 is 0 Å². The molecule has 3 rings (SSSR count). The van der Waals surface area contributed by atoms with Crippen molar-refractivity contribution in [2.24, 2.45) is 5.92 Å². The second-order valence-corrected chi connectivity index (χ2v) is 8.03. The van der Waals surface area contributed by atoms with Gasteiger partial charge in [0, 0.05) is 49.5 Å². The molecular weight excluding hydrogens is 392 g/mol. The molecule has 0 radical (unpaired) electrons. The summed E-state index contributed by atoms with van der Waals surface area (Å²) < 4.78 is 5.01. The van der Waals surface area contributed by atoms with Crippen LogP contribution < -0.4 is 15.5 Å². The second-order valence-electron chi connectivity index (χ2n) is 8.03. The quantitative estimate of drug-likeness (QED) is 0.662. The van der Waals surface area contributed by atoms with Gasteiger partial charge in [-0.05, 0) is 49.2 Å². The predicted octanol–water partition coefficient (Wildman–Crippen LogP) is 3.70. The highest BCUT2D eigenvalue weighted by Gasteiger charge is 2.40. The van der Waals surface area contributed by atoms with Gasteiger partial charge in [-0.25, -0.2) is 4.98 Å². The Hall–Kier alpha value is -2.93. The molecule has 0 fully saturated rings. The van der Waals surface area contributed by atoms with E-state index in [9.17, 15) is 9.59 Å². The minimum Gasteiger partial charge on any atom is -0.383 e. The number of aryl methyl sites for hydroxylation is 1. The number of carbonyl (C=O) groups is 2. The molecule has 0 saturated carbocycles. The van der Waals surface area contributed by atoms with E-state index in [1.807, 2.05) is 42.2 Å². The minimum absolute atomic E-state index is 0.00405. The zero-order valence-electron chi connectivity index (χ0n) is 18.9. The fourth-order valence-electron chi connectivity index (χ4n) is 4.40. The largest absolute Gasteiger partial charge is 0.383 e. The lowest BCUT2D eigenvalue weighted by Crippen LogP contribution is -2.49. The van der Waals surface area contributed by atoms with Crippen LogP contribution in [0.3, 0.4) is 0 Å². The van der Waals surface area contributed by atoms with E-state index in [2.05, 4.69) is 29.5 Å². The highest BCUT2D eigenvalue weighted by molar-refractivity contribution is 5.98. The third kappa shape index (κ3) is 4.88. The fraction of sp³-hybridized carbons (Fsp3) is 0.458. The number of fused-ring (bicyclic) bond motifs is 1. The van der Waals surface area contributed by atoms with Gasteiger partial charge in [-0.15, -0.1) is 0 Å². The number of nitrogens with one attached hydrogen (secondary N) is 2. The van der Waals surface area contributed by atoms with Crippen LogP contribution in [0.4, 0.5) is 11.5 Å². The minimum atomic E-state index is -0.160. The number of aromatic nitrogens is 1. The van der Waals surface area contributed by atoms with Crippen molar-refractivity contribution in [2.75, 3.05) is 30.5 Å². The Bertz CT molecular complexity index is 946. The average Bonchev–Trinajstić information content (AvgIpc) is 2.74. The average molecular weight is 425 g/mol. The van der Waals surface area contributed by atoms with Gasteiger partial charge < -0.3 is 20.3 Å². The lowest BCUT2D eigenvalue weighted by Gasteiger charge is -2.45. The molecule has 2 aromatic rings. The van der Waals surface area contributed by atoms with Crippen LogP contribution in [0.25, 0.3) is 0 Å². The molecule has 1 aliphatic rings. The van der Waals surface area contributed by atoms with Crippen LogP contribution in [0, 0.1) is 12.8 Å². The number of carbonyl (C=O) groups excluding carboxylic acids is 2. The van der Waals surface area contributed by atoms with E-state index in [0.29, 0.717) is 18.7 Å². The Morgan fingerprint density at radius 2 is 2.00 bits per heavy atom. The number of rotatable bonds is 7. The number of hydrogen-bond donors (Lipinski definition) is 2. The Morgan fingerprint density at radius 1 is 1.23 bits per heavy atom. The first kappa shape index (κ1) is 22.7.